The fourth-order valence-corrected chi connectivity index (χ4v) is 4.33. The second-order valence-corrected chi connectivity index (χ2v) is 8.46. The van der Waals surface area contributed by atoms with Crippen LogP contribution in [0.2, 0.25) is 0 Å². The Morgan fingerprint density at radius 1 is 1.17 bits per heavy atom. The predicted octanol–water partition coefficient (Wildman–Crippen LogP) is 3.79. The molecule has 0 unspecified atom stereocenters. The summed E-state index contributed by atoms with van der Waals surface area (Å²) in [6.07, 6.45) is 3.80. The number of halogens is 1. The molecule has 6 heteroatoms. The van der Waals surface area contributed by atoms with Crippen molar-refractivity contribution in [2.75, 3.05) is 33.2 Å². The fourth-order valence-electron chi connectivity index (χ4n) is 4.33. The molecular weight excluding hydrogens is 381 g/mol. The van der Waals surface area contributed by atoms with Gasteiger partial charge >= 0.3 is 0 Å². The molecule has 4 rings (SSSR count). The highest BCUT2D eigenvalue weighted by molar-refractivity contribution is 5.98. The quantitative estimate of drug-likeness (QED) is 0.733. The number of hydrogen-bond donors (Lipinski definition) is 1. The minimum Gasteiger partial charge on any atom is -0.473 e. The molecule has 160 valence electrons. The molecule has 1 N–H and O–H groups in total. The Kier molecular flexibility index (Phi) is 6.75. The number of aromatic nitrogens is 1. The summed E-state index contributed by atoms with van der Waals surface area (Å²) in [7, 11) is 2.06. The van der Waals surface area contributed by atoms with Crippen LogP contribution < -0.4 is 10.1 Å². The van der Waals surface area contributed by atoms with Crippen molar-refractivity contribution < 1.29 is 13.9 Å². The van der Waals surface area contributed by atoms with Gasteiger partial charge in [-0.3, -0.25) is 4.79 Å². The number of nitrogens with one attached hydrogen (secondary N) is 1. The van der Waals surface area contributed by atoms with Crippen LogP contribution in [0.15, 0.2) is 36.4 Å². The van der Waals surface area contributed by atoms with Gasteiger partial charge < -0.3 is 15.0 Å². The van der Waals surface area contributed by atoms with E-state index in [1.807, 2.05) is 12.1 Å². The summed E-state index contributed by atoms with van der Waals surface area (Å²) >= 11 is 0. The largest absolute Gasteiger partial charge is 0.473 e. The van der Waals surface area contributed by atoms with Crippen molar-refractivity contribution in [3.8, 4) is 5.88 Å². The fraction of sp³-hybridized carbons (Fsp3) is 0.500. The monoisotopic (exact) mass is 411 g/mol. The van der Waals surface area contributed by atoms with Crippen molar-refractivity contribution in [2.45, 2.75) is 38.2 Å². The number of rotatable bonds is 6. The molecule has 0 saturated carbocycles. The molecule has 0 spiro atoms. The number of Topliss-reactive ketones (excluding diaryl/α,β-unsaturated/α-hetero) is 1. The first kappa shape index (κ1) is 20.9. The van der Waals surface area contributed by atoms with Crippen LogP contribution in [0, 0.1) is 11.7 Å². The Hall–Kier alpha value is -2.31. The Morgan fingerprint density at radius 3 is 2.67 bits per heavy atom. The average Bonchev–Trinajstić information content (AvgIpc) is 2.79. The zero-order valence-corrected chi connectivity index (χ0v) is 17.6. The van der Waals surface area contributed by atoms with Gasteiger partial charge in [0.1, 0.15) is 12.4 Å². The van der Waals surface area contributed by atoms with E-state index in [1.54, 1.807) is 18.2 Å². The van der Waals surface area contributed by atoms with Crippen LogP contribution in [0.25, 0.3) is 0 Å². The van der Waals surface area contributed by atoms with E-state index in [9.17, 15) is 9.18 Å². The van der Waals surface area contributed by atoms with E-state index in [0.29, 0.717) is 22.9 Å². The second kappa shape index (κ2) is 9.67. The Balaban J connectivity index is 1.38. The van der Waals surface area contributed by atoms with Gasteiger partial charge in [0.25, 0.3) is 0 Å². The normalized spacial score (nSPS) is 19.0. The number of hydrogen-bond acceptors (Lipinski definition) is 5. The Bertz CT molecular complexity index is 875. The molecule has 30 heavy (non-hydrogen) atoms. The number of pyridine rings is 1. The lowest BCUT2D eigenvalue weighted by Gasteiger charge is -2.28. The highest BCUT2D eigenvalue weighted by atomic mass is 19.1. The number of piperidine rings is 2. The zero-order chi connectivity index (χ0) is 20.9. The second-order valence-electron chi connectivity index (χ2n) is 8.46. The lowest BCUT2D eigenvalue weighted by molar-refractivity contribution is 0.0856. The maximum absolute atomic E-state index is 14.6. The van der Waals surface area contributed by atoms with Gasteiger partial charge in [-0.05, 0) is 71.0 Å². The summed E-state index contributed by atoms with van der Waals surface area (Å²) in [6, 6.07) is 10.5. The van der Waals surface area contributed by atoms with Gasteiger partial charge in [0.05, 0.1) is 0 Å². The summed E-state index contributed by atoms with van der Waals surface area (Å²) < 4.78 is 20.4. The molecular formula is C24H30FN3O2. The van der Waals surface area contributed by atoms with Gasteiger partial charge in [-0.25, -0.2) is 9.37 Å². The van der Waals surface area contributed by atoms with E-state index in [-0.39, 0.29) is 18.3 Å². The van der Waals surface area contributed by atoms with Crippen LogP contribution >= 0.6 is 0 Å². The van der Waals surface area contributed by atoms with Gasteiger partial charge in [0.15, 0.2) is 5.78 Å². The molecule has 1 aromatic carbocycles. The molecule has 5 nitrogen and oxygen atoms in total. The van der Waals surface area contributed by atoms with Gasteiger partial charge in [0.2, 0.25) is 5.88 Å². The van der Waals surface area contributed by atoms with Crippen molar-refractivity contribution in [3.63, 3.8) is 0 Å². The molecule has 3 heterocycles. The summed E-state index contributed by atoms with van der Waals surface area (Å²) in [5.41, 5.74) is 1.93. The lowest BCUT2D eigenvalue weighted by Crippen LogP contribution is -2.33. The van der Waals surface area contributed by atoms with Crippen molar-refractivity contribution in [2.24, 2.45) is 5.92 Å². The van der Waals surface area contributed by atoms with E-state index in [1.165, 1.54) is 6.07 Å². The Labute approximate surface area is 177 Å². The van der Waals surface area contributed by atoms with Crippen LogP contribution in [0.5, 0.6) is 5.88 Å². The molecule has 0 aliphatic carbocycles. The van der Waals surface area contributed by atoms with Gasteiger partial charge in [-0.2, -0.15) is 0 Å². The third-order valence-corrected chi connectivity index (χ3v) is 6.31. The molecule has 1 aromatic heterocycles. The SMILES string of the molecule is CN1CCC(C(=O)c2ccc(COc3cccc(C4CCNCC4)n3)c(F)c2)CC1. The van der Waals surface area contributed by atoms with Crippen LogP contribution in [0.4, 0.5) is 4.39 Å². The predicted molar refractivity (Wildman–Crippen MR) is 114 cm³/mol. The zero-order valence-electron chi connectivity index (χ0n) is 17.6. The molecule has 2 fully saturated rings. The standard InChI is InChI=1S/C24H30FN3O2/c1-28-13-9-18(10-14-28)24(29)19-5-6-20(21(25)15-19)16-30-23-4-2-3-22(27-23)17-7-11-26-12-8-17/h2-6,15,17-18,26H,7-14,16H2,1H3. The molecule has 2 saturated heterocycles. The van der Waals surface area contributed by atoms with Crippen molar-refractivity contribution in [1.29, 1.82) is 0 Å². The first-order chi connectivity index (χ1) is 14.6. The van der Waals surface area contributed by atoms with Crippen molar-refractivity contribution in [1.82, 2.24) is 15.2 Å². The first-order valence-electron chi connectivity index (χ1n) is 10.9. The van der Waals surface area contributed by atoms with Gasteiger partial charge in [0, 0.05) is 34.7 Å². The third-order valence-electron chi connectivity index (χ3n) is 6.31. The third kappa shape index (κ3) is 5.05. The summed E-state index contributed by atoms with van der Waals surface area (Å²) in [6.45, 7) is 3.93. The summed E-state index contributed by atoms with van der Waals surface area (Å²) in [5.74, 6) is 0.590. The smallest absolute Gasteiger partial charge is 0.213 e. The molecule has 2 aliphatic rings. The van der Waals surface area contributed by atoms with E-state index in [2.05, 4.69) is 22.2 Å². The number of carbonyl (C=O) groups is 1. The molecule has 2 aromatic rings. The van der Waals surface area contributed by atoms with E-state index < -0.39 is 5.82 Å². The highest BCUT2D eigenvalue weighted by Gasteiger charge is 2.25. The van der Waals surface area contributed by atoms with Crippen LogP contribution in [0.3, 0.4) is 0 Å². The van der Waals surface area contributed by atoms with E-state index >= 15 is 0 Å². The number of ether oxygens (including phenoxy) is 1. The van der Waals surface area contributed by atoms with E-state index in [0.717, 1.165) is 57.6 Å². The van der Waals surface area contributed by atoms with Crippen LogP contribution in [-0.4, -0.2) is 48.9 Å². The van der Waals surface area contributed by atoms with Crippen molar-refractivity contribution in [3.05, 3.63) is 59.0 Å². The number of nitrogens with zero attached hydrogens (tertiary/aromatic N) is 2. The van der Waals surface area contributed by atoms with E-state index in [4.69, 9.17) is 4.74 Å². The number of likely N-dealkylation sites (tertiary alicyclic amines) is 1. The lowest BCUT2D eigenvalue weighted by atomic mass is 9.89. The molecule has 2 aliphatic heterocycles. The van der Waals surface area contributed by atoms with Gasteiger partial charge in [-0.15, -0.1) is 0 Å². The minimum absolute atomic E-state index is 0.00960. The maximum atomic E-state index is 14.6. The number of benzene rings is 1. The number of carbonyl (C=O) groups excluding carboxylic acids is 1. The molecule has 0 bridgehead atoms. The Morgan fingerprint density at radius 2 is 1.93 bits per heavy atom. The van der Waals surface area contributed by atoms with Gasteiger partial charge in [-0.1, -0.05) is 18.2 Å². The highest BCUT2D eigenvalue weighted by Crippen LogP contribution is 2.26. The summed E-state index contributed by atoms with van der Waals surface area (Å²) in [4.78, 5) is 19.6. The number of ketones is 1. The summed E-state index contributed by atoms with van der Waals surface area (Å²) in [5, 5.41) is 3.36. The molecule has 0 radical (unpaired) electrons. The van der Waals surface area contributed by atoms with Crippen LogP contribution in [-0.2, 0) is 6.61 Å². The topological polar surface area (TPSA) is 54.5 Å². The molecule has 0 atom stereocenters. The minimum atomic E-state index is -0.400. The average molecular weight is 412 g/mol. The maximum Gasteiger partial charge on any atom is 0.213 e. The molecule has 0 amide bonds. The van der Waals surface area contributed by atoms with Crippen molar-refractivity contribution >= 4 is 5.78 Å². The first-order valence-corrected chi connectivity index (χ1v) is 10.9. The van der Waals surface area contributed by atoms with Crippen LogP contribution in [0.1, 0.15) is 53.2 Å².